The maximum atomic E-state index is 15.1. The van der Waals surface area contributed by atoms with Crippen molar-refractivity contribution in [1.29, 1.82) is 0 Å². The van der Waals surface area contributed by atoms with Crippen molar-refractivity contribution in [3.05, 3.63) is 82.1 Å². The molecule has 0 saturated carbocycles. The van der Waals surface area contributed by atoms with Crippen LogP contribution in [0.1, 0.15) is 54.7 Å². The van der Waals surface area contributed by atoms with E-state index in [1.54, 1.807) is 37.3 Å². The second-order valence-corrected chi connectivity index (χ2v) is 13.2. The van der Waals surface area contributed by atoms with Crippen molar-refractivity contribution in [2.24, 2.45) is 0 Å². The van der Waals surface area contributed by atoms with Crippen molar-refractivity contribution >= 4 is 23.2 Å². The van der Waals surface area contributed by atoms with Gasteiger partial charge in [0.15, 0.2) is 17.4 Å². The van der Waals surface area contributed by atoms with Crippen LogP contribution in [-0.2, 0) is 16.6 Å². The lowest BCUT2D eigenvalue weighted by atomic mass is 9.95. The number of ether oxygens (including phenoxy) is 2. The number of rotatable bonds is 13. The Kier molecular flexibility index (Phi) is 11.6. The Morgan fingerprint density at radius 1 is 1.00 bits per heavy atom. The highest BCUT2D eigenvalue weighted by Crippen LogP contribution is 2.36. The van der Waals surface area contributed by atoms with Gasteiger partial charge in [-0.2, -0.15) is 0 Å². The highest BCUT2D eigenvalue weighted by Gasteiger charge is 2.32. The molecular formula is C34H36F4N4O6S. The van der Waals surface area contributed by atoms with E-state index in [9.17, 15) is 33.0 Å². The summed E-state index contributed by atoms with van der Waals surface area (Å²) in [4.78, 5) is 34.6. The second kappa shape index (κ2) is 15.3. The number of alkyl halides is 3. The van der Waals surface area contributed by atoms with Crippen LogP contribution in [0.25, 0.3) is 22.5 Å². The quantitative estimate of drug-likeness (QED) is 0.0928. The molecule has 4 rings (SSSR count). The average Bonchev–Trinajstić information content (AvgIpc) is 3.54. The number of aliphatic hydroxyl groups is 1. The molecule has 4 N–H and O–H groups in total. The number of hydrogen-bond acceptors (Lipinski definition) is 9. The van der Waals surface area contributed by atoms with Crippen LogP contribution in [0.2, 0.25) is 0 Å². The number of amides is 1. The summed E-state index contributed by atoms with van der Waals surface area (Å²) in [6.45, 7) is 9.03. The number of aromatic nitrogens is 2. The van der Waals surface area contributed by atoms with Gasteiger partial charge in [0.2, 0.25) is 0 Å². The van der Waals surface area contributed by atoms with Gasteiger partial charge in [0, 0.05) is 40.0 Å². The van der Waals surface area contributed by atoms with Gasteiger partial charge in [0.05, 0.1) is 17.5 Å². The molecule has 0 bridgehead atoms. The Hall–Kier alpha value is -4.60. The molecule has 0 radical (unpaired) electrons. The third-order valence-corrected chi connectivity index (χ3v) is 8.74. The van der Waals surface area contributed by atoms with Crippen molar-refractivity contribution in [3.8, 4) is 34.0 Å². The molecule has 1 unspecified atom stereocenters. The summed E-state index contributed by atoms with van der Waals surface area (Å²) in [6.07, 6.45) is -3.76. The molecule has 0 aliphatic rings. The lowest BCUT2D eigenvalue weighted by molar-refractivity contribution is -0.274. The SMILES string of the molecule is CCOc1cc(OC(F)(F)F)cc(-c2cnc(-c3ccc(C[C@H](NC(=O)c4ccc(C(C)(C)C)s4)C(O)N[C@H](C)C(=O)O)cc3)nc2)c1F. The molecule has 2 aromatic carbocycles. The summed E-state index contributed by atoms with van der Waals surface area (Å²) < 4.78 is 62.9. The highest BCUT2D eigenvalue weighted by atomic mass is 32.1. The zero-order chi connectivity index (χ0) is 36.1. The summed E-state index contributed by atoms with van der Waals surface area (Å²) in [6, 6.07) is 10.1. The number of carboxylic acids is 1. The number of hydrogen-bond donors (Lipinski definition) is 4. The normalized spacial score (nSPS) is 13.8. The van der Waals surface area contributed by atoms with Crippen LogP contribution in [0.4, 0.5) is 17.6 Å². The van der Waals surface area contributed by atoms with Crippen LogP contribution in [0, 0.1) is 5.82 Å². The molecular weight excluding hydrogens is 668 g/mol. The maximum Gasteiger partial charge on any atom is 0.573 e. The molecule has 0 aliphatic carbocycles. The lowest BCUT2D eigenvalue weighted by Crippen LogP contribution is -2.54. The van der Waals surface area contributed by atoms with Crippen molar-refractivity contribution in [1.82, 2.24) is 20.6 Å². The third-order valence-electron chi connectivity index (χ3n) is 7.23. The van der Waals surface area contributed by atoms with Crippen molar-refractivity contribution < 1.29 is 46.8 Å². The first kappa shape index (κ1) is 37.2. The van der Waals surface area contributed by atoms with Crippen LogP contribution in [-0.4, -0.2) is 63.3 Å². The monoisotopic (exact) mass is 704 g/mol. The van der Waals surface area contributed by atoms with Gasteiger partial charge < -0.3 is 25.0 Å². The Labute approximate surface area is 284 Å². The fraction of sp³-hybridized carbons (Fsp3) is 0.353. The first-order chi connectivity index (χ1) is 22.9. The van der Waals surface area contributed by atoms with E-state index >= 15 is 4.39 Å². The molecule has 0 saturated heterocycles. The summed E-state index contributed by atoms with van der Waals surface area (Å²) in [5, 5.41) is 25.6. The van der Waals surface area contributed by atoms with E-state index in [0.29, 0.717) is 16.0 Å². The van der Waals surface area contributed by atoms with E-state index in [4.69, 9.17) is 4.74 Å². The summed E-state index contributed by atoms with van der Waals surface area (Å²) >= 11 is 1.33. The van der Waals surface area contributed by atoms with Crippen molar-refractivity contribution in [2.75, 3.05) is 6.61 Å². The minimum atomic E-state index is -5.00. The first-order valence-electron chi connectivity index (χ1n) is 15.2. The second-order valence-electron chi connectivity index (χ2n) is 12.1. The van der Waals surface area contributed by atoms with Gasteiger partial charge in [-0.25, -0.2) is 14.4 Å². The Morgan fingerprint density at radius 3 is 2.20 bits per heavy atom. The highest BCUT2D eigenvalue weighted by molar-refractivity contribution is 7.14. The molecule has 0 spiro atoms. The standard InChI is InChI=1S/C34H36F4N4O6S/c1-6-47-25-15-22(48-34(36,37)38)14-23(28(25)35)21-16-39-29(40-17-21)20-9-7-19(8-10-20)13-24(30(43)41-18(2)32(45)46)42-31(44)26-11-12-27(49-26)33(3,4)5/h7-12,14-18,24,30,41,43H,6,13H2,1-5H3,(H,42,44)(H,45,46)/t18-,24+,30?/m1/s1. The number of nitrogens with one attached hydrogen (secondary N) is 2. The van der Waals surface area contributed by atoms with Crippen molar-refractivity contribution in [3.63, 3.8) is 0 Å². The summed E-state index contributed by atoms with van der Waals surface area (Å²) in [5.41, 5.74) is 0.908. The van der Waals surface area contributed by atoms with E-state index in [1.165, 1.54) is 30.7 Å². The number of nitrogens with zero attached hydrogens (tertiary/aromatic N) is 2. The fourth-order valence-electron chi connectivity index (χ4n) is 4.68. The van der Waals surface area contributed by atoms with Gasteiger partial charge in [0.1, 0.15) is 18.0 Å². The van der Waals surface area contributed by atoms with Crippen LogP contribution in [0.5, 0.6) is 11.5 Å². The summed E-state index contributed by atoms with van der Waals surface area (Å²) in [5.74, 6) is -3.34. The van der Waals surface area contributed by atoms with Crippen LogP contribution in [0.15, 0.2) is 60.9 Å². The minimum Gasteiger partial charge on any atom is -0.491 e. The molecule has 1 amide bonds. The maximum absolute atomic E-state index is 15.1. The van der Waals surface area contributed by atoms with Gasteiger partial charge in [-0.3, -0.25) is 14.9 Å². The zero-order valence-corrected chi connectivity index (χ0v) is 28.1. The predicted molar refractivity (Wildman–Crippen MR) is 175 cm³/mol. The third kappa shape index (κ3) is 9.96. The molecule has 3 atom stereocenters. The van der Waals surface area contributed by atoms with Gasteiger partial charge >= 0.3 is 12.3 Å². The molecule has 49 heavy (non-hydrogen) atoms. The molecule has 0 aliphatic heterocycles. The Balaban J connectivity index is 1.54. The molecule has 2 aromatic heterocycles. The number of aliphatic hydroxyl groups excluding tert-OH is 1. The predicted octanol–water partition coefficient (Wildman–Crippen LogP) is 6.33. The fourth-order valence-corrected chi connectivity index (χ4v) is 5.65. The van der Waals surface area contributed by atoms with Gasteiger partial charge in [-0.15, -0.1) is 24.5 Å². The van der Waals surface area contributed by atoms with E-state index < -0.39 is 53.9 Å². The molecule has 2 heterocycles. The molecule has 10 nitrogen and oxygen atoms in total. The number of carbonyl (C=O) groups is 2. The van der Waals surface area contributed by atoms with Gasteiger partial charge in [0.25, 0.3) is 5.91 Å². The van der Waals surface area contributed by atoms with E-state index in [2.05, 4.69) is 25.3 Å². The van der Waals surface area contributed by atoms with Crippen LogP contribution >= 0.6 is 11.3 Å². The van der Waals surface area contributed by atoms with Gasteiger partial charge in [-0.05, 0) is 49.4 Å². The minimum absolute atomic E-state index is 0.00817. The van der Waals surface area contributed by atoms with Crippen LogP contribution in [0.3, 0.4) is 0 Å². The van der Waals surface area contributed by atoms with Crippen molar-refractivity contribution in [2.45, 2.75) is 71.1 Å². The largest absolute Gasteiger partial charge is 0.573 e. The number of carboxylic acid groups (broad SMARTS) is 1. The Bertz CT molecular complexity index is 1760. The van der Waals surface area contributed by atoms with E-state index in [1.807, 2.05) is 26.8 Å². The zero-order valence-electron chi connectivity index (χ0n) is 27.3. The molecule has 262 valence electrons. The van der Waals surface area contributed by atoms with E-state index in [-0.39, 0.29) is 35.4 Å². The molecule has 15 heteroatoms. The number of aliphatic carboxylic acids is 1. The number of carbonyl (C=O) groups excluding carboxylic acids is 1. The number of benzene rings is 2. The number of halogens is 4. The number of thiophene rings is 1. The average molecular weight is 705 g/mol. The molecule has 4 aromatic rings. The lowest BCUT2D eigenvalue weighted by Gasteiger charge is -2.26. The summed E-state index contributed by atoms with van der Waals surface area (Å²) in [7, 11) is 0. The molecule has 0 fully saturated rings. The van der Waals surface area contributed by atoms with E-state index in [0.717, 1.165) is 17.0 Å². The van der Waals surface area contributed by atoms with Gasteiger partial charge in [-0.1, -0.05) is 45.0 Å². The first-order valence-corrected chi connectivity index (χ1v) is 16.0. The van der Waals surface area contributed by atoms with Crippen LogP contribution < -0.4 is 20.1 Å². The smallest absolute Gasteiger partial charge is 0.491 e. The Morgan fingerprint density at radius 2 is 1.65 bits per heavy atom. The topological polar surface area (TPSA) is 143 Å².